The monoisotopic (exact) mass is 364 g/mol. The van der Waals surface area contributed by atoms with Crippen molar-refractivity contribution in [3.8, 4) is 0 Å². The predicted molar refractivity (Wildman–Crippen MR) is 90.5 cm³/mol. The van der Waals surface area contributed by atoms with Gasteiger partial charge in [-0.3, -0.25) is 24.1 Å². The molecule has 0 bridgehead atoms. The number of hydroxylamine groups is 2. The fourth-order valence-corrected chi connectivity index (χ4v) is 3.02. The molecule has 2 aliphatic heterocycles. The van der Waals surface area contributed by atoms with Crippen LogP contribution in [-0.2, 0) is 14.4 Å². The zero-order valence-corrected chi connectivity index (χ0v) is 13.9. The van der Waals surface area contributed by atoms with E-state index >= 15 is 0 Å². The highest BCUT2D eigenvalue weighted by Gasteiger charge is 2.39. The van der Waals surface area contributed by atoms with E-state index < -0.39 is 17.8 Å². The summed E-state index contributed by atoms with van der Waals surface area (Å²) in [7, 11) is 0. The Morgan fingerprint density at radius 2 is 1.41 bits per heavy atom. The number of imide groups is 2. The maximum Gasteiger partial charge on any atom is 0.364 e. The predicted octanol–water partition coefficient (Wildman–Crippen LogP) is 1.71. The van der Waals surface area contributed by atoms with E-state index in [9.17, 15) is 24.0 Å². The number of carbonyl (C=O) groups is 5. The number of rotatable bonds is 3. The van der Waals surface area contributed by atoms with Crippen molar-refractivity contribution < 1.29 is 28.8 Å². The molecular formula is C19H12N2O6. The number of benzene rings is 2. The molecule has 8 nitrogen and oxygen atoms in total. The topological polar surface area (TPSA) is 101 Å². The zero-order chi connectivity index (χ0) is 19.1. The molecule has 0 atom stereocenters. The van der Waals surface area contributed by atoms with Gasteiger partial charge in [0.15, 0.2) is 0 Å². The first-order chi connectivity index (χ1) is 13.0. The Labute approximate surface area is 152 Å². The Balaban J connectivity index is 1.57. The first-order valence-corrected chi connectivity index (χ1v) is 8.13. The van der Waals surface area contributed by atoms with Crippen molar-refractivity contribution in [2.24, 2.45) is 0 Å². The molecule has 4 amide bonds. The highest BCUT2D eigenvalue weighted by molar-refractivity contribution is 6.21. The van der Waals surface area contributed by atoms with Crippen LogP contribution in [0.2, 0.25) is 0 Å². The molecule has 2 aromatic carbocycles. The highest BCUT2D eigenvalue weighted by Crippen LogP contribution is 2.26. The van der Waals surface area contributed by atoms with E-state index in [1.54, 1.807) is 12.1 Å². The molecule has 0 radical (unpaired) electrons. The summed E-state index contributed by atoms with van der Waals surface area (Å²) in [6.07, 6.45) is 0.227. The van der Waals surface area contributed by atoms with Crippen molar-refractivity contribution in [3.05, 3.63) is 65.2 Å². The number of anilines is 1. The molecule has 134 valence electrons. The van der Waals surface area contributed by atoms with Gasteiger partial charge in [0, 0.05) is 12.8 Å². The Morgan fingerprint density at radius 3 is 2.00 bits per heavy atom. The molecule has 0 spiro atoms. The Hall–Kier alpha value is -3.81. The highest BCUT2D eigenvalue weighted by atomic mass is 16.7. The number of nitrogens with zero attached hydrogens (tertiary/aromatic N) is 2. The summed E-state index contributed by atoms with van der Waals surface area (Å²) in [6.45, 7) is 0. The van der Waals surface area contributed by atoms with Crippen LogP contribution in [0.4, 0.5) is 5.69 Å². The minimum Gasteiger partial charge on any atom is -0.324 e. The van der Waals surface area contributed by atoms with E-state index in [0.29, 0.717) is 5.06 Å². The lowest BCUT2D eigenvalue weighted by Gasteiger charge is -2.16. The van der Waals surface area contributed by atoms with E-state index in [1.807, 2.05) is 0 Å². The lowest BCUT2D eigenvalue weighted by molar-refractivity contribution is -0.121. The summed E-state index contributed by atoms with van der Waals surface area (Å²) in [5.74, 6) is -3.13. The van der Waals surface area contributed by atoms with Crippen LogP contribution in [-0.4, -0.2) is 34.7 Å². The van der Waals surface area contributed by atoms with Crippen LogP contribution in [0.25, 0.3) is 0 Å². The number of carbonyl (C=O) groups excluding carboxylic acids is 5. The zero-order valence-electron chi connectivity index (χ0n) is 13.9. The molecule has 0 saturated carbocycles. The molecule has 27 heavy (non-hydrogen) atoms. The third kappa shape index (κ3) is 2.67. The van der Waals surface area contributed by atoms with Gasteiger partial charge >= 0.3 is 5.97 Å². The van der Waals surface area contributed by atoms with Crippen LogP contribution in [0.1, 0.15) is 43.9 Å². The number of fused-ring (bicyclic) bond motifs is 1. The second kappa shape index (κ2) is 6.17. The minimum atomic E-state index is -0.953. The molecule has 2 aliphatic rings. The lowest BCUT2D eigenvalue weighted by atomic mass is 10.1. The van der Waals surface area contributed by atoms with Crippen molar-refractivity contribution in [1.29, 1.82) is 0 Å². The van der Waals surface area contributed by atoms with Gasteiger partial charge in [-0.25, -0.2) is 4.79 Å². The van der Waals surface area contributed by atoms with Crippen LogP contribution in [0, 0.1) is 0 Å². The summed E-state index contributed by atoms with van der Waals surface area (Å²) in [5, 5.41) is 0.409. The van der Waals surface area contributed by atoms with Gasteiger partial charge in [0.1, 0.15) is 0 Å². The third-order valence-electron chi connectivity index (χ3n) is 4.32. The van der Waals surface area contributed by atoms with E-state index in [4.69, 9.17) is 4.84 Å². The van der Waals surface area contributed by atoms with E-state index in [0.717, 1.165) is 4.90 Å². The first-order valence-electron chi connectivity index (χ1n) is 8.13. The largest absolute Gasteiger partial charge is 0.364 e. The fraction of sp³-hybridized carbons (Fsp3) is 0.105. The molecule has 0 aliphatic carbocycles. The molecule has 0 aromatic heterocycles. The van der Waals surface area contributed by atoms with Crippen LogP contribution in [0.3, 0.4) is 0 Å². The summed E-state index contributed by atoms with van der Waals surface area (Å²) >= 11 is 0. The second-order valence-electron chi connectivity index (χ2n) is 6.00. The average Bonchev–Trinajstić information content (AvgIpc) is 3.13. The molecule has 1 saturated heterocycles. The fourth-order valence-electron chi connectivity index (χ4n) is 3.02. The van der Waals surface area contributed by atoms with Crippen LogP contribution in [0.5, 0.6) is 0 Å². The summed E-state index contributed by atoms with van der Waals surface area (Å²) in [4.78, 5) is 66.6. The molecule has 2 heterocycles. The molecule has 4 rings (SSSR count). The molecule has 2 aromatic rings. The van der Waals surface area contributed by atoms with E-state index in [2.05, 4.69) is 0 Å². The SMILES string of the molecule is O=C(ON1C(=O)c2ccccc2C1=O)c1cccc(N2C(=O)CCC2=O)c1. The smallest absolute Gasteiger partial charge is 0.324 e. The van der Waals surface area contributed by atoms with Crippen molar-refractivity contribution in [3.63, 3.8) is 0 Å². The van der Waals surface area contributed by atoms with Crippen molar-refractivity contribution in [2.45, 2.75) is 12.8 Å². The maximum atomic E-state index is 12.4. The molecule has 0 unspecified atom stereocenters. The quantitative estimate of drug-likeness (QED) is 0.769. The summed E-state index contributed by atoms with van der Waals surface area (Å²) in [5.41, 5.74) is 0.533. The third-order valence-corrected chi connectivity index (χ3v) is 4.32. The van der Waals surface area contributed by atoms with Gasteiger partial charge in [-0.05, 0) is 30.3 Å². The van der Waals surface area contributed by atoms with Gasteiger partial charge in [-0.1, -0.05) is 23.3 Å². The maximum absolute atomic E-state index is 12.4. The van der Waals surface area contributed by atoms with Crippen LogP contribution < -0.4 is 4.90 Å². The number of hydrogen-bond acceptors (Lipinski definition) is 6. The Kier molecular flexibility index (Phi) is 3.80. The second-order valence-corrected chi connectivity index (χ2v) is 6.00. The van der Waals surface area contributed by atoms with Gasteiger partial charge in [0.05, 0.1) is 22.4 Å². The van der Waals surface area contributed by atoms with E-state index in [-0.39, 0.29) is 47.0 Å². The van der Waals surface area contributed by atoms with Crippen molar-refractivity contribution in [2.75, 3.05) is 4.90 Å². The lowest BCUT2D eigenvalue weighted by Crippen LogP contribution is -2.33. The van der Waals surface area contributed by atoms with Crippen LogP contribution in [0.15, 0.2) is 48.5 Å². The Morgan fingerprint density at radius 1 is 0.815 bits per heavy atom. The van der Waals surface area contributed by atoms with Gasteiger partial charge in [-0.2, -0.15) is 0 Å². The van der Waals surface area contributed by atoms with E-state index in [1.165, 1.54) is 36.4 Å². The van der Waals surface area contributed by atoms with Gasteiger partial charge in [0.25, 0.3) is 11.8 Å². The normalized spacial score (nSPS) is 16.1. The number of amides is 4. The number of hydrogen-bond donors (Lipinski definition) is 0. The average molecular weight is 364 g/mol. The van der Waals surface area contributed by atoms with Gasteiger partial charge in [0.2, 0.25) is 11.8 Å². The minimum absolute atomic E-state index is 0.00319. The summed E-state index contributed by atoms with van der Waals surface area (Å²) in [6, 6.07) is 11.8. The van der Waals surface area contributed by atoms with Gasteiger partial charge < -0.3 is 4.84 Å². The van der Waals surface area contributed by atoms with Gasteiger partial charge in [-0.15, -0.1) is 0 Å². The molecule has 8 heteroatoms. The molecule has 0 N–H and O–H groups in total. The van der Waals surface area contributed by atoms with Crippen molar-refractivity contribution in [1.82, 2.24) is 5.06 Å². The first kappa shape index (κ1) is 16.6. The Bertz CT molecular complexity index is 977. The standard InChI is InChI=1S/C19H12N2O6/c22-15-8-9-16(23)20(15)12-5-3-4-11(10-12)19(26)27-21-17(24)13-6-1-2-7-14(13)18(21)25/h1-7,10H,8-9H2. The van der Waals surface area contributed by atoms with Crippen LogP contribution >= 0.6 is 0 Å². The molecular weight excluding hydrogens is 352 g/mol. The van der Waals surface area contributed by atoms with Crippen molar-refractivity contribution >= 4 is 35.3 Å². The summed E-state index contributed by atoms with van der Waals surface area (Å²) < 4.78 is 0. The molecule has 1 fully saturated rings.